The second-order valence-electron chi connectivity index (χ2n) is 11.5. The fourth-order valence-corrected chi connectivity index (χ4v) is 5.16. The summed E-state index contributed by atoms with van der Waals surface area (Å²) in [5, 5.41) is 18.2. The molecule has 3 atom stereocenters. The highest BCUT2D eigenvalue weighted by Gasteiger charge is 2.27. The molecule has 10 nitrogen and oxygen atoms in total. The molecule has 3 N–H and O–H groups in total. The standard InChI is InChI=1S/C34H63O10P/c1-3-5-7-9-11-12-13-14-15-16-17-18-19-20-22-24-26-34(38)44-32(30-43-45(39,40)42-28-31(36)27-35)29-41-33(37)25-23-21-10-8-6-4-2/h12-13,15-16,31-32,35-36H,3-11,14,17-30H2,1-2H3,(H,39,40)/b13-12-,16-15-. The van der Waals surface area contributed by atoms with Crippen LogP contribution in [0.2, 0.25) is 0 Å². The molecule has 0 spiro atoms. The lowest BCUT2D eigenvalue weighted by molar-refractivity contribution is -0.161. The number of phosphoric ester groups is 1. The van der Waals surface area contributed by atoms with Crippen molar-refractivity contribution in [2.75, 3.05) is 26.4 Å². The lowest BCUT2D eigenvalue weighted by Gasteiger charge is -2.20. The first-order chi connectivity index (χ1) is 21.7. The van der Waals surface area contributed by atoms with Gasteiger partial charge >= 0.3 is 19.8 Å². The van der Waals surface area contributed by atoms with Crippen molar-refractivity contribution in [1.82, 2.24) is 0 Å². The Hall–Kier alpha value is -1.55. The number of phosphoric acid groups is 1. The van der Waals surface area contributed by atoms with Gasteiger partial charge in [0.05, 0.1) is 19.8 Å². The van der Waals surface area contributed by atoms with E-state index in [2.05, 4.69) is 42.7 Å². The first kappa shape index (κ1) is 43.5. The number of aliphatic hydroxyl groups excluding tert-OH is 2. The highest BCUT2D eigenvalue weighted by atomic mass is 31.2. The van der Waals surface area contributed by atoms with Crippen molar-refractivity contribution in [3.63, 3.8) is 0 Å². The van der Waals surface area contributed by atoms with Crippen molar-refractivity contribution in [3.8, 4) is 0 Å². The van der Waals surface area contributed by atoms with E-state index >= 15 is 0 Å². The smallest absolute Gasteiger partial charge is 0.462 e. The lowest BCUT2D eigenvalue weighted by Crippen LogP contribution is -2.29. The summed E-state index contributed by atoms with van der Waals surface area (Å²) >= 11 is 0. The molecule has 0 saturated heterocycles. The lowest BCUT2D eigenvalue weighted by atomic mass is 10.1. The van der Waals surface area contributed by atoms with Gasteiger partial charge in [0, 0.05) is 12.8 Å². The SMILES string of the molecule is CCCCCC/C=C\C/C=C\CCCCCCCC(=O)OC(COC(=O)CCCCCCCC)COP(=O)(O)OCC(O)CO. The molecule has 0 saturated carbocycles. The predicted octanol–water partition coefficient (Wildman–Crippen LogP) is 7.88. The van der Waals surface area contributed by atoms with E-state index in [-0.39, 0.29) is 19.4 Å². The Kier molecular flexibility index (Phi) is 30.0. The van der Waals surface area contributed by atoms with Gasteiger partial charge in [-0.15, -0.1) is 0 Å². The van der Waals surface area contributed by atoms with Gasteiger partial charge in [0.1, 0.15) is 12.7 Å². The number of ether oxygens (including phenoxy) is 2. The maximum absolute atomic E-state index is 12.5. The zero-order valence-corrected chi connectivity index (χ0v) is 29.0. The second kappa shape index (κ2) is 31.1. The topological polar surface area (TPSA) is 149 Å². The van der Waals surface area contributed by atoms with Gasteiger partial charge in [-0.25, -0.2) is 4.57 Å². The Balaban J connectivity index is 4.37. The summed E-state index contributed by atoms with van der Waals surface area (Å²) in [5.74, 6) is -0.952. The number of esters is 2. The molecule has 0 heterocycles. The van der Waals surface area contributed by atoms with Crippen molar-refractivity contribution in [3.05, 3.63) is 24.3 Å². The van der Waals surface area contributed by atoms with E-state index < -0.39 is 51.8 Å². The molecule has 0 aromatic heterocycles. The zero-order chi connectivity index (χ0) is 33.4. The van der Waals surface area contributed by atoms with Crippen LogP contribution in [0.5, 0.6) is 0 Å². The van der Waals surface area contributed by atoms with Crippen molar-refractivity contribution < 1.29 is 47.8 Å². The van der Waals surface area contributed by atoms with E-state index in [1.54, 1.807) is 0 Å². The Morgan fingerprint density at radius 3 is 1.73 bits per heavy atom. The summed E-state index contributed by atoms with van der Waals surface area (Å²) < 4.78 is 32.3. The Bertz CT molecular complexity index is 817. The minimum atomic E-state index is -4.60. The summed E-state index contributed by atoms with van der Waals surface area (Å²) in [6.07, 6.45) is 26.1. The molecule has 0 radical (unpaired) electrons. The molecular formula is C34H63O10P. The number of rotatable bonds is 32. The molecule has 0 amide bonds. The van der Waals surface area contributed by atoms with E-state index in [0.29, 0.717) is 12.8 Å². The predicted molar refractivity (Wildman–Crippen MR) is 178 cm³/mol. The summed E-state index contributed by atoms with van der Waals surface area (Å²) in [4.78, 5) is 34.5. The van der Waals surface area contributed by atoms with Gasteiger partial charge in [0.25, 0.3) is 0 Å². The zero-order valence-electron chi connectivity index (χ0n) is 28.1. The molecule has 0 aromatic rings. The average molecular weight is 663 g/mol. The maximum atomic E-state index is 12.5. The number of hydrogen-bond acceptors (Lipinski definition) is 9. The van der Waals surface area contributed by atoms with Crippen molar-refractivity contribution >= 4 is 19.8 Å². The molecule has 45 heavy (non-hydrogen) atoms. The molecular weight excluding hydrogens is 599 g/mol. The third kappa shape index (κ3) is 30.8. The number of unbranched alkanes of at least 4 members (excludes halogenated alkanes) is 14. The largest absolute Gasteiger partial charge is 0.472 e. The minimum Gasteiger partial charge on any atom is -0.462 e. The normalized spacial score (nSPS) is 14.5. The maximum Gasteiger partial charge on any atom is 0.472 e. The highest BCUT2D eigenvalue weighted by Crippen LogP contribution is 2.43. The van der Waals surface area contributed by atoms with Crippen LogP contribution in [0.3, 0.4) is 0 Å². The number of carbonyl (C=O) groups is 2. The van der Waals surface area contributed by atoms with E-state index in [1.165, 1.54) is 38.5 Å². The third-order valence-electron chi connectivity index (χ3n) is 7.11. The highest BCUT2D eigenvalue weighted by molar-refractivity contribution is 7.47. The van der Waals surface area contributed by atoms with Crippen LogP contribution in [0.4, 0.5) is 0 Å². The van der Waals surface area contributed by atoms with Crippen molar-refractivity contribution in [2.45, 2.75) is 154 Å². The van der Waals surface area contributed by atoms with Gasteiger partial charge in [0.2, 0.25) is 0 Å². The van der Waals surface area contributed by atoms with Crippen LogP contribution in [0.1, 0.15) is 142 Å². The fraction of sp³-hybridized carbons (Fsp3) is 0.824. The quantitative estimate of drug-likeness (QED) is 0.0281. The third-order valence-corrected chi connectivity index (χ3v) is 8.06. The monoisotopic (exact) mass is 662 g/mol. The molecule has 264 valence electrons. The molecule has 3 unspecified atom stereocenters. The minimum absolute atomic E-state index is 0.170. The van der Waals surface area contributed by atoms with Crippen LogP contribution in [-0.2, 0) is 32.7 Å². The fourth-order valence-electron chi connectivity index (χ4n) is 4.37. The molecule has 0 aromatic carbocycles. The van der Waals surface area contributed by atoms with Gasteiger partial charge in [-0.05, 0) is 44.9 Å². The van der Waals surface area contributed by atoms with Crippen LogP contribution in [0, 0.1) is 0 Å². The summed E-state index contributed by atoms with van der Waals surface area (Å²) in [6, 6.07) is 0. The van der Waals surface area contributed by atoms with Crippen molar-refractivity contribution in [2.24, 2.45) is 0 Å². The van der Waals surface area contributed by atoms with E-state index in [1.807, 2.05) is 0 Å². The van der Waals surface area contributed by atoms with E-state index in [9.17, 15) is 24.2 Å². The van der Waals surface area contributed by atoms with Crippen LogP contribution >= 0.6 is 7.82 Å². The second-order valence-corrected chi connectivity index (χ2v) is 13.0. The van der Waals surface area contributed by atoms with Gasteiger partial charge in [-0.2, -0.15) is 0 Å². The Morgan fingerprint density at radius 2 is 1.16 bits per heavy atom. The first-order valence-corrected chi connectivity index (χ1v) is 18.8. The summed E-state index contributed by atoms with van der Waals surface area (Å²) in [7, 11) is -4.60. The van der Waals surface area contributed by atoms with Gasteiger partial charge < -0.3 is 24.6 Å². The van der Waals surface area contributed by atoms with Crippen LogP contribution in [0.25, 0.3) is 0 Å². The Morgan fingerprint density at radius 1 is 0.667 bits per heavy atom. The molecule has 0 rings (SSSR count). The van der Waals surface area contributed by atoms with Crippen molar-refractivity contribution in [1.29, 1.82) is 0 Å². The van der Waals surface area contributed by atoms with Crippen LogP contribution < -0.4 is 0 Å². The average Bonchev–Trinajstić information content (AvgIpc) is 3.02. The number of allylic oxidation sites excluding steroid dienone is 4. The van der Waals surface area contributed by atoms with Crippen LogP contribution in [0.15, 0.2) is 24.3 Å². The number of carbonyl (C=O) groups excluding carboxylic acids is 2. The molecule has 0 aliphatic carbocycles. The Labute approximate surface area is 272 Å². The molecule has 0 aliphatic rings. The number of hydrogen-bond donors (Lipinski definition) is 3. The number of aliphatic hydroxyl groups is 2. The molecule has 11 heteroatoms. The molecule has 0 aliphatic heterocycles. The van der Waals surface area contributed by atoms with Gasteiger partial charge in [0.15, 0.2) is 6.10 Å². The summed E-state index contributed by atoms with van der Waals surface area (Å²) in [5.41, 5.74) is 0. The van der Waals surface area contributed by atoms with E-state index in [0.717, 1.165) is 64.2 Å². The molecule has 0 fully saturated rings. The van der Waals surface area contributed by atoms with Gasteiger partial charge in [-0.1, -0.05) is 109 Å². The summed E-state index contributed by atoms with van der Waals surface area (Å²) in [6.45, 7) is 2.24. The first-order valence-electron chi connectivity index (χ1n) is 17.3. The van der Waals surface area contributed by atoms with Crippen LogP contribution in [-0.4, -0.2) is 65.7 Å². The van der Waals surface area contributed by atoms with Gasteiger partial charge in [-0.3, -0.25) is 18.6 Å². The van der Waals surface area contributed by atoms with E-state index in [4.69, 9.17) is 19.1 Å². The molecule has 0 bridgehead atoms.